The van der Waals surface area contributed by atoms with Gasteiger partial charge in [0.25, 0.3) is 0 Å². The zero-order chi connectivity index (χ0) is 19.3. The second-order valence-electron chi connectivity index (χ2n) is 7.06. The lowest BCUT2D eigenvalue weighted by molar-refractivity contribution is 0.264. The van der Waals surface area contributed by atoms with Gasteiger partial charge in [-0.05, 0) is 62.8 Å². The Bertz CT molecular complexity index is 964. The van der Waals surface area contributed by atoms with Gasteiger partial charge in [0.05, 0.1) is 11.7 Å². The maximum absolute atomic E-state index is 13.0. The number of anilines is 2. The fourth-order valence-electron chi connectivity index (χ4n) is 3.30. The molecule has 6 nitrogen and oxygen atoms in total. The number of hydrogen-bond acceptors (Lipinski definition) is 6. The Balaban J connectivity index is 1.54. The minimum atomic E-state index is -0.271. The summed E-state index contributed by atoms with van der Waals surface area (Å²) >= 11 is 0. The van der Waals surface area contributed by atoms with Crippen LogP contribution in [0.1, 0.15) is 18.4 Å². The van der Waals surface area contributed by atoms with Crippen LogP contribution >= 0.6 is 0 Å². The van der Waals surface area contributed by atoms with Crippen molar-refractivity contribution in [3.05, 3.63) is 59.9 Å². The molecule has 7 heteroatoms. The average Bonchev–Trinajstić information content (AvgIpc) is 2.71. The minimum Gasteiger partial charge on any atom is -0.367 e. The summed E-state index contributed by atoms with van der Waals surface area (Å²) in [4.78, 5) is 11.5. The Hall–Kier alpha value is -3.06. The van der Waals surface area contributed by atoms with E-state index in [-0.39, 0.29) is 5.82 Å². The summed E-state index contributed by atoms with van der Waals surface area (Å²) in [7, 11) is 2.15. The van der Waals surface area contributed by atoms with Gasteiger partial charge < -0.3 is 10.2 Å². The van der Waals surface area contributed by atoms with Crippen molar-refractivity contribution in [3.63, 3.8) is 0 Å². The third-order valence-electron chi connectivity index (χ3n) is 4.91. The van der Waals surface area contributed by atoms with E-state index in [4.69, 9.17) is 0 Å². The Morgan fingerprint density at radius 1 is 1.07 bits per heavy atom. The molecule has 2 aromatic carbocycles. The van der Waals surface area contributed by atoms with Crippen LogP contribution in [0.3, 0.4) is 0 Å². The maximum atomic E-state index is 13.0. The second kappa shape index (κ2) is 8.31. The summed E-state index contributed by atoms with van der Waals surface area (Å²) in [6, 6.07) is 14.5. The van der Waals surface area contributed by atoms with E-state index in [2.05, 4.69) is 37.8 Å². The van der Waals surface area contributed by atoms with Gasteiger partial charge in [-0.3, -0.25) is 0 Å². The van der Waals surface area contributed by atoms with E-state index in [1.165, 1.54) is 12.1 Å². The van der Waals surface area contributed by atoms with Gasteiger partial charge in [-0.25, -0.2) is 14.8 Å². The molecule has 4 rings (SSSR count). The molecule has 0 aliphatic carbocycles. The Labute approximate surface area is 163 Å². The summed E-state index contributed by atoms with van der Waals surface area (Å²) in [5, 5.41) is 8.77. The van der Waals surface area contributed by atoms with Crippen LogP contribution in [0.15, 0.2) is 53.6 Å². The fourth-order valence-corrected chi connectivity index (χ4v) is 3.30. The molecule has 1 saturated heterocycles. The molecule has 0 amide bonds. The van der Waals surface area contributed by atoms with Crippen LogP contribution in [0.2, 0.25) is 0 Å². The first kappa shape index (κ1) is 18.3. The number of aromatic nitrogens is 2. The van der Waals surface area contributed by atoms with Crippen molar-refractivity contribution < 1.29 is 4.39 Å². The van der Waals surface area contributed by atoms with Gasteiger partial charge in [-0.15, -0.1) is 0 Å². The highest BCUT2D eigenvalue weighted by atomic mass is 19.1. The Morgan fingerprint density at radius 3 is 2.61 bits per heavy atom. The van der Waals surface area contributed by atoms with Crippen LogP contribution in [-0.4, -0.2) is 47.3 Å². The number of piperidine rings is 1. The topological polar surface area (TPSA) is 65.4 Å². The Morgan fingerprint density at radius 2 is 1.82 bits per heavy atom. The molecule has 1 aromatic heterocycles. The van der Waals surface area contributed by atoms with Crippen LogP contribution in [0.4, 0.5) is 16.2 Å². The number of fused-ring (bicyclic) bond motifs is 1. The first-order valence-electron chi connectivity index (χ1n) is 9.44. The van der Waals surface area contributed by atoms with Crippen molar-refractivity contribution >= 4 is 28.9 Å². The molecule has 28 heavy (non-hydrogen) atoms. The number of nitrogens with zero attached hydrogens (tertiary/aromatic N) is 4. The molecule has 1 aliphatic rings. The van der Waals surface area contributed by atoms with Crippen LogP contribution in [0.25, 0.3) is 10.9 Å². The molecule has 1 aliphatic heterocycles. The van der Waals surface area contributed by atoms with Gasteiger partial charge in [0.1, 0.15) is 11.6 Å². The molecule has 2 heterocycles. The van der Waals surface area contributed by atoms with Crippen molar-refractivity contribution in [3.8, 4) is 0 Å². The normalized spacial score (nSPS) is 15.9. The van der Waals surface area contributed by atoms with Gasteiger partial charge in [0.2, 0.25) is 5.95 Å². The minimum absolute atomic E-state index is 0.271. The molecule has 0 radical (unpaired) electrons. The molecule has 1 fully saturated rings. The van der Waals surface area contributed by atoms with Crippen molar-refractivity contribution in [1.29, 1.82) is 0 Å². The number of nitrogens with one attached hydrogen (secondary N) is 2. The van der Waals surface area contributed by atoms with E-state index in [9.17, 15) is 4.39 Å². The van der Waals surface area contributed by atoms with Crippen LogP contribution < -0.4 is 10.7 Å². The molecule has 0 spiro atoms. The monoisotopic (exact) mass is 378 g/mol. The van der Waals surface area contributed by atoms with E-state index in [0.29, 0.717) is 12.0 Å². The second-order valence-corrected chi connectivity index (χ2v) is 7.06. The smallest absolute Gasteiger partial charge is 0.246 e. The van der Waals surface area contributed by atoms with Gasteiger partial charge in [-0.2, -0.15) is 10.1 Å². The Kier molecular flexibility index (Phi) is 5.43. The number of hydrazone groups is 1. The number of para-hydroxylation sites is 1. The zero-order valence-corrected chi connectivity index (χ0v) is 15.8. The fraction of sp³-hybridized carbons (Fsp3) is 0.286. The molecule has 0 unspecified atom stereocenters. The van der Waals surface area contributed by atoms with E-state index >= 15 is 0 Å². The van der Waals surface area contributed by atoms with Crippen LogP contribution in [-0.2, 0) is 0 Å². The van der Waals surface area contributed by atoms with Crippen LogP contribution in [0.5, 0.6) is 0 Å². The molecule has 2 N–H and O–H groups in total. The summed E-state index contributed by atoms with van der Waals surface area (Å²) < 4.78 is 13.0. The summed E-state index contributed by atoms with van der Waals surface area (Å²) in [5.74, 6) is 0.972. The highest BCUT2D eigenvalue weighted by Crippen LogP contribution is 2.24. The predicted molar refractivity (Wildman–Crippen MR) is 111 cm³/mol. The average molecular weight is 378 g/mol. The molecular weight excluding hydrogens is 355 g/mol. The number of rotatable bonds is 5. The molecule has 0 bridgehead atoms. The highest BCUT2D eigenvalue weighted by Gasteiger charge is 2.18. The van der Waals surface area contributed by atoms with Crippen molar-refractivity contribution in [1.82, 2.24) is 14.9 Å². The van der Waals surface area contributed by atoms with Crippen LogP contribution in [0, 0.1) is 5.82 Å². The number of benzene rings is 2. The van der Waals surface area contributed by atoms with E-state index in [1.807, 2.05) is 24.3 Å². The summed E-state index contributed by atoms with van der Waals surface area (Å²) in [6.07, 6.45) is 3.78. The van der Waals surface area contributed by atoms with Crippen molar-refractivity contribution in [2.45, 2.75) is 18.9 Å². The lowest BCUT2D eigenvalue weighted by atomic mass is 10.1. The van der Waals surface area contributed by atoms with Gasteiger partial charge in [0.15, 0.2) is 0 Å². The van der Waals surface area contributed by atoms with Gasteiger partial charge in [0, 0.05) is 11.4 Å². The predicted octanol–water partition coefficient (Wildman–Crippen LogP) is 3.72. The number of halogens is 1. The number of hydrogen-bond donors (Lipinski definition) is 2. The van der Waals surface area contributed by atoms with E-state index < -0.39 is 0 Å². The van der Waals surface area contributed by atoms with Gasteiger partial charge >= 0.3 is 0 Å². The molecule has 3 aromatic rings. The lowest BCUT2D eigenvalue weighted by Gasteiger charge is -2.30. The molecule has 0 atom stereocenters. The standard InChI is InChI=1S/C21H23FN6/c1-28-12-10-17(11-13-28)24-20-18-4-2-3-5-19(18)25-21(26-20)27-23-14-15-6-8-16(22)9-7-15/h2-9,14,17H,10-13H2,1H3,(H2,24,25,26,27)/b23-14+. The van der Waals surface area contributed by atoms with E-state index in [0.717, 1.165) is 48.2 Å². The maximum Gasteiger partial charge on any atom is 0.246 e. The third-order valence-corrected chi connectivity index (χ3v) is 4.91. The zero-order valence-electron chi connectivity index (χ0n) is 15.8. The quantitative estimate of drug-likeness (QED) is 0.523. The first-order chi connectivity index (χ1) is 13.7. The van der Waals surface area contributed by atoms with Crippen molar-refractivity contribution in [2.75, 3.05) is 30.9 Å². The summed E-state index contributed by atoms with van der Waals surface area (Å²) in [6.45, 7) is 2.15. The molecule has 0 saturated carbocycles. The largest absolute Gasteiger partial charge is 0.367 e. The SMILES string of the molecule is CN1CCC(Nc2nc(N/N=C/c3ccc(F)cc3)nc3ccccc23)CC1. The highest BCUT2D eigenvalue weighted by molar-refractivity contribution is 5.90. The van der Waals surface area contributed by atoms with Crippen molar-refractivity contribution in [2.24, 2.45) is 5.10 Å². The summed E-state index contributed by atoms with van der Waals surface area (Å²) in [5.41, 5.74) is 4.53. The lowest BCUT2D eigenvalue weighted by Crippen LogP contribution is -2.37. The molecule has 144 valence electrons. The number of likely N-dealkylation sites (tertiary alicyclic amines) is 1. The van der Waals surface area contributed by atoms with E-state index in [1.54, 1.807) is 18.3 Å². The first-order valence-corrected chi connectivity index (χ1v) is 9.44. The van der Waals surface area contributed by atoms with Gasteiger partial charge in [-0.1, -0.05) is 24.3 Å². The third kappa shape index (κ3) is 4.43. The molecular formula is C21H23FN6.